The van der Waals surface area contributed by atoms with Gasteiger partial charge in [0.2, 0.25) is 0 Å². The highest BCUT2D eigenvalue weighted by atomic mass is 35.5. The monoisotopic (exact) mass is 238 g/mol. The van der Waals surface area contributed by atoms with E-state index in [4.69, 9.17) is 27.9 Å². The molecular weight excluding hydrogens is 231 g/mol. The number of ether oxygens (including phenoxy) is 1. The van der Waals surface area contributed by atoms with Crippen molar-refractivity contribution in [2.75, 3.05) is 0 Å². The molecule has 1 nitrogen and oxygen atoms in total. The summed E-state index contributed by atoms with van der Waals surface area (Å²) in [5.74, 6) is 1.21. The third kappa shape index (κ3) is 2.44. The van der Waals surface area contributed by atoms with Crippen LogP contribution in [0.5, 0.6) is 11.5 Å². The SMILES string of the molecule is Clc1ccccc1Oc1ccccc1Cl. The first-order valence-electron chi connectivity index (χ1n) is 4.44. The molecule has 0 spiro atoms. The van der Waals surface area contributed by atoms with Gasteiger partial charge in [0.05, 0.1) is 10.0 Å². The average Bonchev–Trinajstić information content (AvgIpc) is 2.24. The quantitative estimate of drug-likeness (QED) is 0.732. The van der Waals surface area contributed by atoms with Crippen molar-refractivity contribution in [3.05, 3.63) is 58.6 Å². The van der Waals surface area contributed by atoms with Gasteiger partial charge in [0.25, 0.3) is 0 Å². The van der Waals surface area contributed by atoms with Gasteiger partial charge in [0, 0.05) is 0 Å². The Bertz CT molecular complexity index is 425. The van der Waals surface area contributed by atoms with Crippen LogP contribution in [0.15, 0.2) is 48.5 Å². The van der Waals surface area contributed by atoms with E-state index in [-0.39, 0.29) is 0 Å². The van der Waals surface area contributed by atoms with Gasteiger partial charge in [-0.3, -0.25) is 0 Å². The maximum absolute atomic E-state index is 5.96. The summed E-state index contributed by atoms with van der Waals surface area (Å²) in [6.45, 7) is 0. The lowest BCUT2D eigenvalue weighted by molar-refractivity contribution is 0.483. The first-order valence-corrected chi connectivity index (χ1v) is 5.20. The van der Waals surface area contributed by atoms with E-state index in [1.165, 1.54) is 0 Å². The second-order valence-corrected chi connectivity index (χ2v) is 3.78. The van der Waals surface area contributed by atoms with E-state index in [0.717, 1.165) is 0 Å². The van der Waals surface area contributed by atoms with E-state index in [0.29, 0.717) is 21.5 Å². The van der Waals surface area contributed by atoms with Crippen molar-refractivity contribution in [2.45, 2.75) is 0 Å². The molecule has 0 aliphatic heterocycles. The van der Waals surface area contributed by atoms with Gasteiger partial charge in [-0.15, -0.1) is 0 Å². The molecule has 0 amide bonds. The largest absolute Gasteiger partial charge is 0.454 e. The first kappa shape index (κ1) is 10.3. The molecule has 2 rings (SSSR count). The van der Waals surface area contributed by atoms with Crippen LogP contribution >= 0.6 is 23.2 Å². The summed E-state index contributed by atoms with van der Waals surface area (Å²) in [5.41, 5.74) is 0. The number of halogens is 2. The Morgan fingerprint density at radius 1 is 0.667 bits per heavy atom. The highest BCUT2D eigenvalue weighted by Crippen LogP contribution is 2.32. The van der Waals surface area contributed by atoms with Crippen molar-refractivity contribution in [3.63, 3.8) is 0 Å². The fourth-order valence-electron chi connectivity index (χ4n) is 1.17. The summed E-state index contributed by atoms with van der Waals surface area (Å²) in [7, 11) is 0. The molecule has 0 N–H and O–H groups in total. The van der Waals surface area contributed by atoms with Crippen molar-refractivity contribution >= 4 is 23.2 Å². The van der Waals surface area contributed by atoms with Crippen LogP contribution in [0, 0.1) is 0 Å². The molecule has 2 aromatic rings. The number of benzene rings is 2. The van der Waals surface area contributed by atoms with Crippen molar-refractivity contribution in [1.29, 1.82) is 0 Å². The summed E-state index contributed by atoms with van der Waals surface area (Å²) in [5, 5.41) is 1.13. The molecule has 76 valence electrons. The second-order valence-electron chi connectivity index (χ2n) is 2.96. The fraction of sp³-hybridized carbons (Fsp3) is 0. The van der Waals surface area contributed by atoms with Gasteiger partial charge in [-0.25, -0.2) is 0 Å². The minimum absolute atomic E-state index is 0.567. The Morgan fingerprint density at radius 2 is 1.07 bits per heavy atom. The van der Waals surface area contributed by atoms with E-state index < -0.39 is 0 Å². The second kappa shape index (κ2) is 4.56. The maximum Gasteiger partial charge on any atom is 0.146 e. The van der Waals surface area contributed by atoms with Crippen LogP contribution in [0.3, 0.4) is 0 Å². The molecule has 0 radical (unpaired) electrons. The van der Waals surface area contributed by atoms with Gasteiger partial charge in [0.15, 0.2) is 0 Å². The zero-order chi connectivity index (χ0) is 10.7. The number of hydrogen-bond acceptors (Lipinski definition) is 1. The summed E-state index contributed by atoms with van der Waals surface area (Å²) in [6.07, 6.45) is 0. The van der Waals surface area contributed by atoms with Gasteiger partial charge < -0.3 is 4.74 Å². The zero-order valence-corrected chi connectivity index (χ0v) is 9.29. The molecule has 0 aromatic heterocycles. The molecule has 3 heteroatoms. The lowest BCUT2D eigenvalue weighted by atomic mass is 10.3. The molecule has 2 aromatic carbocycles. The smallest absolute Gasteiger partial charge is 0.146 e. The van der Waals surface area contributed by atoms with E-state index >= 15 is 0 Å². The predicted octanol–water partition coefficient (Wildman–Crippen LogP) is 4.79. The van der Waals surface area contributed by atoms with Crippen molar-refractivity contribution < 1.29 is 4.74 Å². The Hall–Kier alpha value is -1.18. The average molecular weight is 239 g/mol. The summed E-state index contributed by atoms with van der Waals surface area (Å²) < 4.78 is 5.58. The molecule has 0 aliphatic rings. The Morgan fingerprint density at radius 3 is 1.47 bits per heavy atom. The van der Waals surface area contributed by atoms with Crippen molar-refractivity contribution in [1.82, 2.24) is 0 Å². The topological polar surface area (TPSA) is 9.23 Å². The summed E-state index contributed by atoms with van der Waals surface area (Å²) >= 11 is 11.9. The molecule has 0 bridgehead atoms. The number of para-hydroxylation sites is 2. The van der Waals surface area contributed by atoms with Crippen LogP contribution in [0.2, 0.25) is 10.0 Å². The molecule has 15 heavy (non-hydrogen) atoms. The molecule has 0 saturated carbocycles. The third-order valence-corrected chi connectivity index (χ3v) is 2.52. The van der Waals surface area contributed by atoms with Gasteiger partial charge in [-0.2, -0.15) is 0 Å². The Labute approximate surface area is 98.2 Å². The van der Waals surface area contributed by atoms with Crippen LogP contribution in [-0.2, 0) is 0 Å². The molecule has 0 heterocycles. The zero-order valence-electron chi connectivity index (χ0n) is 7.78. The van der Waals surface area contributed by atoms with Crippen LogP contribution < -0.4 is 4.74 Å². The maximum atomic E-state index is 5.96. The third-order valence-electron chi connectivity index (χ3n) is 1.89. The van der Waals surface area contributed by atoms with E-state index in [1.807, 2.05) is 24.3 Å². The normalized spacial score (nSPS) is 10.0. The molecule has 0 saturated heterocycles. The number of rotatable bonds is 2. The van der Waals surface area contributed by atoms with Gasteiger partial charge >= 0.3 is 0 Å². The summed E-state index contributed by atoms with van der Waals surface area (Å²) in [6, 6.07) is 14.6. The lowest BCUT2D eigenvalue weighted by Gasteiger charge is -2.08. The van der Waals surface area contributed by atoms with E-state index in [1.54, 1.807) is 24.3 Å². The van der Waals surface area contributed by atoms with E-state index in [2.05, 4.69) is 0 Å². The van der Waals surface area contributed by atoms with Gasteiger partial charge in [-0.05, 0) is 24.3 Å². The fourth-order valence-corrected chi connectivity index (χ4v) is 1.52. The van der Waals surface area contributed by atoms with Crippen LogP contribution in [0.4, 0.5) is 0 Å². The van der Waals surface area contributed by atoms with Crippen molar-refractivity contribution in [2.24, 2.45) is 0 Å². The molecule has 0 aliphatic carbocycles. The highest BCUT2D eigenvalue weighted by molar-refractivity contribution is 6.32. The summed E-state index contributed by atoms with van der Waals surface area (Å²) in [4.78, 5) is 0. The number of hydrogen-bond donors (Lipinski definition) is 0. The Kier molecular flexibility index (Phi) is 3.14. The van der Waals surface area contributed by atoms with Gasteiger partial charge in [-0.1, -0.05) is 47.5 Å². The molecule has 0 unspecified atom stereocenters. The molecular formula is C12H8Cl2O. The standard InChI is InChI=1S/C12H8Cl2O/c13-9-5-1-3-7-11(9)15-12-8-4-2-6-10(12)14/h1-8H. The van der Waals surface area contributed by atoms with E-state index in [9.17, 15) is 0 Å². The molecule has 0 atom stereocenters. The minimum Gasteiger partial charge on any atom is -0.454 e. The van der Waals surface area contributed by atoms with Crippen LogP contribution in [0.1, 0.15) is 0 Å². The highest BCUT2D eigenvalue weighted by Gasteiger charge is 2.04. The minimum atomic E-state index is 0.567. The molecule has 0 fully saturated rings. The first-order chi connectivity index (χ1) is 7.27. The lowest BCUT2D eigenvalue weighted by Crippen LogP contribution is -1.85. The Balaban J connectivity index is 2.30. The van der Waals surface area contributed by atoms with Crippen molar-refractivity contribution in [3.8, 4) is 11.5 Å². The van der Waals surface area contributed by atoms with Crippen LogP contribution in [0.25, 0.3) is 0 Å². The van der Waals surface area contributed by atoms with Crippen LogP contribution in [-0.4, -0.2) is 0 Å². The predicted molar refractivity (Wildman–Crippen MR) is 63.0 cm³/mol. The van der Waals surface area contributed by atoms with Gasteiger partial charge in [0.1, 0.15) is 11.5 Å².